The van der Waals surface area contributed by atoms with E-state index < -0.39 is 0 Å². The number of benzene rings is 1. The molecule has 1 aromatic heterocycles. The van der Waals surface area contributed by atoms with Crippen LogP contribution in [0.4, 0.5) is 0 Å². The molecule has 0 unspecified atom stereocenters. The summed E-state index contributed by atoms with van der Waals surface area (Å²) in [5, 5.41) is 0. The van der Waals surface area contributed by atoms with Crippen molar-refractivity contribution in [2.24, 2.45) is 7.05 Å². The number of hydrogen-bond acceptors (Lipinski definition) is 1. The fraction of sp³-hybridized carbons (Fsp3) is 0.412. The van der Waals surface area contributed by atoms with E-state index in [0.29, 0.717) is 0 Å². The van der Waals surface area contributed by atoms with Gasteiger partial charge in [-0.15, -0.1) is 0 Å². The molecule has 2 heteroatoms. The monoisotopic (exact) mass is 255 g/mol. The van der Waals surface area contributed by atoms with E-state index in [4.69, 9.17) is 4.98 Å². The van der Waals surface area contributed by atoms with Gasteiger partial charge in [-0.25, -0.2) is 4.98 Å². The van der Waals surface area contributed by atoms with Crippen LogP contribution in [0.3, 0.4) is 0 Å². The number of aromatic nitrogens is 2. The minimum Gasteiger partial charge on any atom is -0.245 e. The Bertz CT molecular complexity index is 628. The maximum Gasteiger partial charge on any atom is 0.200 e. The summed E-state index contributed by atoms with van der Waals surface area (Å²) in [6.45, 7) is 10.7. The zero-order chi connectivity index (χ0) is 14.2. The summed E-state index contributed by atoms with van der Waals surface area (Å²) in [7, 11) is 2.12. The van der Waals surface area contributed by atoms with E-state index in [9.17, 15) is 0 Å². The van der Waals surface area contributed by atoms with Crippen molar-refractivity contribution in [2.45, 2.75) is 41.0 Å². The van der Waals surface area contributed by atoms with Crippen molar-refractivity contribution >= 4 is 0 Å². The van der Waals surface area contributed by atoms with Gasteiger partial charge in [0, 0.05) is 20.3 Å². The third-order valence-corrected chi connectivity index (χ3v) is 4.11. The van der Waals surface area contributed by atoms with Crippen LogP contribution in [0.25, 0.3) is 0 Å². The van der Waals surface area contributed by atoms with Crippen molar-refractivity contribution < 1.29 is 4.57 Å². The standard InChI is InChI=1S/C17H23N2/c1-11-7-8-12(2)16(9-11)10-17-15(5)19(6)14(4)13(3)18-17/h7-9H,10H2,1-6H3/q+1. The summed E-state index contributed by atoms with van der Waals surface area (Å²) < 4.78 is 2.24. The van der Waals surface area contributed by atoms with Gasteiger partial charge in [0.25, 0.3) is 0 Å². The zero-order valence-electron chi connectivity index (χ0n) is 12.8. The quantitative estimate of drug-likeness (QED) is 0.754. The summed E-state index contributed by atoms with van der Waals surface area (Å²) in [6, 6.07) is 6.63. The SMILES string of the molecule is Cc1ccc(C)c(Cc2nc(C)c(C)[n+](C)c2C)c1. The number of rotatable bonds is 2. The Labute approximate surface area is 116 Å². The molecule has 2 aromatic rings. The van der Waals surface area contributed by atoms with Crippen LogP contribution in [-0.4, -0.2) is 4.98 Å². The molecule has 0 amide bonds. The summed E-state index contributed by atoms with van der Waals surface area (Å²) in [5.41, 5.74) is 8.82. The van der Waals surface area contributed by atoms with Gasteiger partial charge in [0.2, 0.25) is 0 Å². The molecule has 0 atom stereocenters. The van der Waals surface area contributed by atoms with Crippen molar-refractivity contribution in [2.75, 3.05) is 0 Å². The van der Waals surface area contributed by atoms with Crippen LogP contribution in [0.15, 0.2) is 18.2 Å². The highest BCUT2D eigenvalue weighted by Crippen LogP contribution is 2.16. The molecule has 0 aliphatic carbocycles. The van der Waals surface area contributed by atoms with E-state index in [1.165, 1.54) is 33.8 Å². The normalized spacial score (nSPS) is 10.8. The molecule has 0 radical (unpaired) electrons. The van der Waals surface area contributed by atoms with E-state index in [-0.39, 0.29) is 0 Å². The van der Waals surface area contributed by atoms with E-state index in [1.807, 2.05) is 0 Å². The summed E-state index contributed by atoms with van der Waals surface area (Å²) in [6.07, 6.45) is 0.911. The lowest BCUT2D eigenvalue weighted by Crippen LogP contribution is -2.38. The van der Waals surface area contributed by atoms with E-state index in [0.717, 1.165) is 12.1 Å². The largest absolute Gasteiger partial charge is 0.245 e. The minimum absolute atomic E-state index is 0.911. The predicted molar refractivity (Wildman–Crippen MR) is 78.3 cm³/mol. The van der Waals surface area contributed by atoms with Crippen molar-refractivity contribution in [3.05, 3.63) is 57.7 Å². The van der Waals surface area contributed by atoms with E-state index in [2.05, 4.69) is 64.4 Å². The first kappa shape index (κ1) is 13.7. The van der Waals surface area contributed by atoms with Crippen LogP contribution in [0.5, 0.6) is 0 Å². The summed E-state index contributed by atoms with van der Waals surface area (Å²) in [4.78, 5) is 4.78. The van der Waals surface area contributed by atoms with Crippen LogP contribution < -0.4 is 4.57 Å². The Morgan fingerprint density at radius 1 is 1.00 bits per heavy atom. The van der Waals surface area contributed by atoms with Crippen molar-refractivity contribution in [1.82, 2.24) is 4.98 Å². The highest BCUT2D eigenvalue weighted by Gasteiger charge is 2.16. The lowest BCUT2D eigenvalue weighted by atomic mass is 10.0. The maximum atomic E-state index is 4.78. The first-order valence-corrected chi connectivity index (χ1v) is 6.79. The second-order valence-corrected chi connectivity index (χ2v) is 5.48. The van der Waals surface area contributed by atoms with Crippen molar-refractivity contribution in [3.63, 3.8) is 0 Å². The second kappa shape index (κ2) is 5.12. The van der Waals surface area contributed by atoms with Gasteiger partial charge >= 0.3 is 0 Å². The molecule has 0 saturated heterocycles. The summed E-state index contributed by atoms with van der Waals surface area (Å²) >= 11 is 0. The van der Waals surface area contributed by atoms with Crippen LogP contribution >= 0.6 is 0 Å². The lowest BCUT2D eigenvalue weighted by Gasteiger charge is -2.10. The van der Waals surface area contributed by atoms with Gasteiger partial charge in [0.1, 0.15) is 18.4 Å². The molecule has 1 aromatic carbocycles. The van der Waals surface area contributed by atoms with Crippen LogP contribution in [-0.2, 0) is 13.5 Å². The smallest absolute Gasteiger partial charge is 0.200 e. The minimum atomic E-state index is 0.911. The molecular weight excluding hydrogens is 232 g/mol. The van der Waals surface area contributed by atoms with Gasteiger partial charge in [-0.1, -0.05) is 23.8 Å². The van der Waals surface area contributed by atoms with Gasteiger partial charge in [0.05, 0.1) is 0 Å². The Balaban J connectivity index is 2.47. The molecule has 100 valence electrons. The first-order valence-electron chi connectivity index (χ1n) is 6.79. The zero-order valence-corrected chi connectivity index (χ0v) is 12.8. The first-order chi connectivity index (χ1) is 8.90. The fourth-order valence-electron chi connectivity index (χ4n) is 2.39. The number of hydrogen-bond donors (Lipinski definition) is 0. The van der Waals surface area contributed by atoms with Gasteiger partial charge in [-0.2, -0.15) is 4.57 Å². The average Bonchev–Trinajstić information content (AvgIpc) is 2.37. The average molecular weight is 255 g/mol. The molecule has 1 heterocycles. The van der Waals surface area contributed by atoms with E-state index in [1.54, 1.807) is 0 Å². The van der Waals surface area contributed by atoms with Gasteiger partial charge < -0.3 is 0 Å². The maximum absolute atomic E-state index is 4.78. The molecule has 0 spiro atoms. The molecule has 0 fully saturated rings. The molecule has 2 nitrogen and oxygen atoms in total. The number of nitrogens with zero attached hydrogens (tertiary/aromatic N) is 2. The highest BCUT2D eigenvalue weighted by atomic mass is 15.0. The second-order valence-electron chi connectivity index (χ2n) is 5.48. The Morgan fingerprint density at radius 2 is 1.68 bits per heavy atom. The van der Waals surface area contributed by atoms with Crippen LogP contribution in [0, 0.1) is 34.6 Å². The molecule has 0 N–H and O–H groups in total. The molecule has 0 bridgehead atoms. The van der Waals surface area contributed by atoms with Crippen LogP contribution in [0.1, 0.15) is 39.5 Å². The third-order valence-electron chi connectivity index (χ3n) is 4.11. The van der Waals surface area contributed by atoms with Crippen LogP contribution in [0.2, 0.25) is 0 Å². The predicted octanol–water partition coefficient (Wildman–Crippen LogP) is 3.04. The van der Waals surface area contributed by atoms with E-state index >= 15 is 0 Å². The molecule has 0 saturated carbocycles. The molecule has 0 aliphatic heterocycles. The topological polar surface area (TPSA) is 16.8 Å². The Morgan fingerprint density at radius 3 is 2.37 bits per heavy atom. The van der Waals surface area contributed by atoms with Crippen molar-refractivity contribution in [1.29, 1.82) is 0 Å². The van der Waals surface area contributed by atoms with Crippen molar-refractivity contribution in [3.8, 4) is 0 Å². The summed E-state index contributed by atoms with van der Waals surface area (Å²) in [5.74, 6) is 0. The molecule has 19 heavy (non-hydrogen) atoms. The number of aryl methyl sites for hydroxylation is 3. The third kappa shape index (κ3) is 2.67. The highest BCUT2D eigenvalue weighted by molar-refractivity contribution is 5.34. The van der Waals surface area contributed by atoms with Gasteiger partial charge in [-0.3, -0.25) is 0 Å². The van der Waals surface area contributed by atoms with Gasteiger partial charge in [0.15, 0.2) is 11.4 Å². The molecular formula is C17H23N2+. The Kier molecular flexibility index (Phi) is 3.70. The Hall–Kier alpha value is -1.70. The van der Waals surface area contributed by atoms with Gasteiger partial charge in [-0.05, 0) is 31.9 Å². The molecule has 0 aliphatic rings. The fourth-order valence-corrected chi connectivity index (χ4v) is 2.39. The lowest BCUT2D eigenvalue weighted by molar-refractivity contribution is -0.685. The molecule has 2 rings (SSSR count).